The molecule has 2 unspecified atom stereocenters. The lowest BCUT2D eigenvalue weighted by Gasteiger charge is -2.39. The Bertz CT molecular complexity index is 1150. The van der Waals surface area contributed by atoms with Crippen molar-refractivity contribution in [3.8, 4) is 0 Å². The maximum Gasteiger partial charge on any atom is 0.416 e. The van der Waals surface area contributed by atoms with Gasteiger partial charge in [-0.25, -0.2) is 0 Å². The summed E-state index contributed by atoms with van der Waals surface area (Å²) in [6.07, 6.45) is -9.89. The summed E-state index contributed by atoms with van der Waals surface area (Å²) in [5, 5.41) is 0. The first-order valence-corrected chi connectivity index (χ1v) is 11.3. The summed E-state index contributed by atoms with van der Waals surface area (Å²) in [4.78, 5) is 39.3. The number of rotatable bonds is 4. The maximum atomic E-state index is 13.4. The van der Waals surface area contributed by atoms with Gasteiger partial charge in [0, 0.05) is 38.5 Å². The highest BCUT2D eigenvalue weighted by Crippen LogP contribution is 2.37. The number of piperidine rings is 1. The lowest BCUT2D eigenvalue weighted by atomic mass is 9.79. The highest BCUT2D eigenvalue weighted by molar-refractivity contribution is 6.34. The van der Waals surface area contributed by atoms with Crippen LogP contribution in [0.2, 0.25) is 0 Å². The number of hydrogen-bond acceptors (Lipinski definition) is 3. The van der Waals surface area contributed by atoms with Gasteiger partial charge in [-0.05, 0) is 42.7 Å². The molecule has 0 aromatic heterocycles. The third kappa shape index (κ3) is 6.60. The summed E-state index contributed by atoms with van der Waals surface area (Å²) >= 11 is 0. The standard InChI is InChI=1S/C25H25F6N3O3/c1-14-3-5-16(6-4-14)20-13-34(23(37)21(32)35)8-7-19(20)22(36)33(2)12-15-9-17(24(26,27)28)11-18(10-15)25(29,30)31/h3-6,9-11,19-20H,7-8,12-13H2,1-2H3,(H2,32,35). The van der Waals surface area contributed by atoms with Gasteiger partial charge in [0.05, 0.1) is 11.1 Å². The zero-order chi connectivity index (χ0) is 27.7. The van der Waals surface area contributed by atoms with Crippen molar-refractivity contribution in [3.05, 3.63) is 70.3 Å². The molecule has 3 amide bonds. The molecule has 2 atom stereocenters. The van der Waals surface area contributed by atoms with Gasteiger partial charge in [-0.3, -0.25) is 14.4 Å². The van der Waals surface area contributed by atoms with Gasteiger partial charge in [-0.1, -0.05) is 29.8 Å². The largest absolute Gasteiger partial charge is 0.416 e. The molecule has 12 heteroatoms. The van der Waals surface area contributed by atoms with Gasteiger partial charge in [-0.2, -0.15) is 26.3 Å². The predicted octanol–water partition coefficient (Wildman–Crippen LogP) is 4.11. The number of alkyl halides is 6. The normalized spacial score (nSPS) is 18.4. The number of likely N-dealkylation sites (tertiary alicyclic amines) is 1. The molecule has 1 aliphatic rings. The van der Waals surface area contributed by atoms with Crippen LogP contribution in [0.3, 0.4) is 0 Å². The third-order valence-corrected chi connectivity index (χ3v) is 6.38. The van der Waals surface area contributed by atoms with Gasteiger partial charge in [0.25, 0.3) is 0 Å². The number of amides is 3. The van der Waals surface area contributed by atoms with Crippen molar-refractivity contribution in [2.24, 2.45) is 11.7 Å². The lowest BCUT2D eigenvalue weighted by molar-refractivity contribution is -0.147. The number of nitrogens with two attached hydrogens (primary N) is 1. The Balaban J connectivity index is 1.90. The zero-order valence-electron chi connectivity index (χ0n) is 20.0. The van der Waals surface area contributed by atoms with Gasteiger partial charge < -0.3 is 15.5 Å². The topological polar surface area (TPSA) is 83.7 Å². The zero-order valence-corrected chi connectivity index (χ0v) is 20.0. The van der Waals surface area contributed by atoms with E-state index in [1.165, 1.54) is 11.9 Å². The molecule has 1 aliphatic heterocycles. The number of nitrogens with zero attached hydrogens (tertiary/aromatic N) is 2. The summed E-state index contributed by atoms with van der Waals surface area (Å²) in [7, 11) is 1.29. The second kappa shape index (κ2) is 10.4. The van der Waals surface area contributed by atoms with E-state index < -0.39 is 59.6 Å². The SMILES string of the molecule is Cc1ccc(C2CN(C(=O)C(N)=O)CCC2C(=O)N(C)Cc2cc(C(F)(F)F)cc(C(F)(F)F)c2)cc1. The molecule has 2 aromatic carbocycles. The molecule has 0 saturated carbocycles. The number of carbonyl (C=O) groups is 3. The van der Waals surface area contributed by atoms with Gasteiger partial charge in [0.1, 0.15) is 0 Å². The molecular weight excluding hydrogens is 504 g/mol. The van der Waals surface area contributed by atoms with Crippen LogP contribution in [-0.2, 0) is 33.3 Å². The smallest absolute Gasteiger partial charge is 0.361 e. The van der Waals surface area contributed by atoms with Crippen LogP contribution in [0, 0.1) is 12.8 Å². The molecule has 2 N–H and O–H groups in total. The molecule has 1 fully saturated rings. The quantitative estimate of drug-likeness (QED) is 0.478. The molecule has 1 heterocycles. The van der Waals surface area contributed by atoms with Crippen LogP contribution in [0.5, 0.6) is 0 Å². The Morgan fingerprint density at radius 1 is 0.973 bits per heavy atom. The highest BCUT2D eigenvalue weighted by Gasteiger charge is 2.40. The van der Waals surface area contributed by atoms with E-state index in [1.54, 1.807) is 24.3 Å². The summed E-state index contributed by atoms with van der Waals surface area (Å²) < 4.78 is 79.4. The first-order valence-electron chi connectivity index (χ1n) is 11.3. The fourth-order valence-corrected chi connectivity index (χ4v) is 4.48. The van der Waals surface area contributed by atoms with Gasteiger partial charge >= 0.3 is 24.2 Å². The van der Waals surface area contributed by atoms with Gasteiger partial charge in [0.2, 0.25) is 5.91 Å². The molecule has 0 spiro atoms. The average Bonchev–Trinajstić information content (AvgIpc) is 2.81. The first-order chi connectivity index (χ1) is 17.1. The molecule has 0 bridgehead atoms. The van der Waals surface area contributed by atoms with Crippen LogP contribution < -0.4 is 5.73 Å². The van der Waals surface area contributed by atoms with Crippen LogP contribution in [0.25, 0.3) is 0 Å². The Morgan fingerprint density at radius 3 is 2.00 bits per heavy atom. The third-order valence-electron chi connectivity index (χ3n) is 6.38. The van der Waals surface area contributed by atoms with Crippen LogP contribution in [0.15, 0.2) is 42.5 Å². The van der Waals surface area contributed by atoms with E-state index >= 15 is 0 Å². The van der Waals surface area contributed by atoms with E-state index in [0.29, 0.717) is 17.7 Å². The fourth-order valence-electron chi connectivity index (χ4n) is 4.48. The van der Waals surface area contributed by atoms with E-state index in [-0.39, 0.29) is 31.1 Å². The molecule has 37 heavy (non-hydrogen) atoms. The lowest BCUT2D eigenvalue weighted by Crippen LogP contribution is -2.50. The molecule has 0 radical (unpaired) electrons. The molecule has 0 aliphatic carbocycles. The minimum absolute atomic E-state index is 0.00311. The van der Waals surface area contributed by atoms with E-state index in [4.69, 9.17) is 5.73 Å². The number of carbonyl (C=O) groups excluding carboxylic acids is 3. The van der Waals surface area contributed by atoms with Crippen LogP contribution in [-0.4, -0.2) is 47.7 Å². The second-order valence-corrected chi connectivity index (χ2v) is 9.14. The highest BCUT2D eigenvalue weighted by atomic mass is 19.4. The summed E-state index contributed by atoms with van der Waals surface area (Å²) in [6, 6.07) is 8.34. The van der Waals surface area contributed by atoms with Gasteiger partial charge in [-0.15, -0.1) is 0 Å². The molecule has 6 nitrogen and oxygen atoms in total. The van der Waals surface area contributed by atoms with Gasteiger partial charge in [0.15, 0.2) is 0 Å². The van der Waals surface area contributed by atoms with Crippen molar-refractivity contribution in [2.45, 2.75) is 38.2 Å². The molecule has 200 valence electrons. The minimum atomic E-state index is -5.01. The molecule has 3 rings (SSSR count). The van der Waals surface area contributed by atoms with Crippen molar-refractivity contribution in [3.63, 3.8) is 0 Å². The van der Waals surface area contributed by atoms with Crippen LogP contribution in [0.4, 0.5) is 26.3 Å². The number of primary amides is 1. The second-order valence-electron chi connectivity index (χ2n) is 9.14. The number of aryl methyl sites for hydroxylation is 1. The number of benzene rings is 2. The Hall–Kier alpha value is -3.57. The van der Waals surface area contributed by atoms with E-state index in [2.05, 4.69) is 0 Å². The summed E-state index contributed by atoms with van der Waals surface area (Å²) in [5.74, 6) is -3.87. The van der Waals surface area contributed by atoms with Crippen molar-refractivity contribution in [1.82, 2.24) is 9.80 Å². The summed E-state index contributed by atoms with van der Waals surface area (Å²) in [5.41, 5.74) is 3.50. The average molecular weight is 529 g/mol. The number of hydrogen-bond donors (Lipinski definition) is 1. The minimum Gasteiger partial charge on any atom is -0.361 e. The van der Waals surface area contributed by atoms with Crippen molar-refractivity contribution in [2.75, 3.05) is 20.1 Å². The Morgan fingerprint density at radius 2 is 1.51 bits per heavy atom. The van der Waals surface area contributed by atoms with E-state index in [1.807, 2.05) is 6.92 Å². The molecular formula is C25H25F6N3O3. The first kappa shape index (κ1) is 28.0. The Labute approximate surface area is 209 Å². The molecule has 1 saturated heterocycles. The number of halogens is 6. The predicted molar refractivity (Wildman–Crippen MR) is 121 cm³/mol. The van der Waals surface area contributed by atoms with Crippen LogP contribution in [0.1, 0.15) is 40.2 Å². The fraction of sp³-hybridized carbons (Fsp3) is 0.400. The van der Waals surface area contributed by atoms with Crippen LogP contribution >= 0.6 is 0 Å². The Kier molecular flexibility index (Phi) is 7.89. The van der Waals surface area contributed by atoms with Crippen molar-refractivity contribution < 1.29 is 40.7 Å². The monoisotopic (exact) mass is 529 g/mol. The maximum absolute atomic E-state index is 13.4. The van der Waals surface area contributed by atoms with E-state index in [9.17, 15) is 40.7 Å². The summed E-state index contributed by atoms with van der Waals surface area (Å²) in [6.45, 7) is 1.40. The molecule has 2 aromatic rings. The van der Waals surface area contributed by atoms with Crippen molar-refractivity contribution >= 4 is 17.7 Å². The van der Waals surface area contributed by atoms with Crippen molar-refractivity contribution in [1.29, 1.82) is 0 Å². The van der Waals surface area contributed by atoms with E-state index in [0.717, 1.165) is 10.5 Å².